The molecule has 1 saturated heterocycles. The number of primary amides is 1. The molecule has 8 unspecified atom stereocenters. The molecule has 0 aromatic carbocycles. The number of carbonyl (C=O) groups excluding carboxylic acids is 10. The van der Waals surface area contributed by atoms with Crippen LogP contribution in [-0.2, 0) is 52.7 Å². The third-order valence-corrected chi connectivity index (χ3v) is 13.5. The number of likely N-dealkylation sites (tertiary alicyclic amines) is 1. The number of nitrogens with one attached hydrogen (secondary N) is 8. The Bertz CT molecular complexity index is 1940. The second-order valence-corrected chi connectivity index (χ2v) is 20.1. The Morgan fingerprint density at radius 1 is 0.487 bits per heavy atom. The lowest BCUT2D eigenvalue weighted by Crippen LogP contribution is -2.61. The minimum Gasteiger partial charge on any atom is -0.481 e. The molecule has 458 valence electrons. The van der Waals surface area contributed by atoms with Crippen molar-refractivity contribution >= 4 is 65.0 Å². The van der Waals surface area contributed by atoms with E-state index >= 15 is 0 Å². The molecule has 0 radical (unpaired) electrons. The van der Waals surface area contributed by atoms with Crippen LogP contribution in [0.4, 0.5) is 0 Å². The molecular weight excluding hydrogens is 1050 g/mol. The predicted octanol–water partition coefficient (Wildman–Crippen LogP) is -3.49. The molecule has 1 aliphatic heterocycles. The number of aliphatic hydroxyl groups is 3. The zero-order chi connectivity index (χ0) is 59.8. The van der Waals surface area contributed by atoms with Crippen LogP contribution in [0, 0.1) is 0 Å². The topological polar surface area (TPSA) is 472 Å². The molecule has 1 rings (SSSR count). The highest BCUT2D eigenvalue weighted by Crippen LogP contribution is 2.21. The maximum absolute atomic E-state index is 14.3. The summed E-state index contributed by atoms with van der Waals surface area (Å²) in [6.07, 6.45) is 14.2. The molecule has 20 N–H and O–H groups in total. The first-order valence-corrected chi connectivity index (χ1v) is 28.4. The maximum atomic E-state index is 14.3. The fourth-order valence-corrected chi connectivity index (χ4v) is 8.85. The first kappa shape index (κ1) is 71.9. The molecule has 0 aromatic rings. The molecule has 0 saturated carbocycles. The summed E-state index contributed by atoms with van der Waals surface area (Å²) in [7, 11) is 0. The van der Waals surface area contributed by atoms with E-state index in [0.717, 1.165) is 25.7 Å². The lowest BCUT2D eigenvalue weighted by Gasteiger charge is -2.31. The van der Waals surface area contributed by atoms with Gasteiger partial charge in [0.25, 0.3) is 0 Å². The van der Waals surface area contributed by atoms with Gasteiger partial charge in [-0.25, -0.2) is 0 Å². The van der Waals surface area contributed by atoms with E-state index in [1.807, 2.05) is 0 Å². The number of aliphatic hydroxyl groups excluding tert-OH is 3. The van der Waals surface area contributed by atoms with Crippen LogP contribution >= 0.6 is 0 Å². The lowest BCUT2D eigenvalue weighted by molar-refractivity contribution is -0.143. The van der Waals surface area contributed by atoms with Crippen molar-refractivity contribution in [3.8, 4) is 0 Å². The van der Waals surface area contributed by atoms with Crippen LogP contribution < -0.4 is 65.5 Å². The van der Waals surface area contributed by atoms with Crippen LogP contribution in [0.3, 0.4) is 0 Å². The molecule has 0 bridgehead atoms. The van der Waals surface area contributed by atoms with Gasteiger partial charge in [-0.15, -0.1) is 0 Å². The molecule has 10 amide bonds. The number of nitrogens with zero attached hydrogens (tertiary/aromatic N) is 1. The van der Waals surface area contributed by atoms with Gasteiger partial charge in [0.05, 0.1) is 32.8 Å². The predicted molar refractivity (Wildman–Crippen MR) is 294 cm³/mol. The van der Waals surface area contributed by atoms with E-state index < -0.39 is 140 Å². The minimum absolute atomic E-state index is 0.00381. The van der Waals surface area contributed by atoms with Gasteiger partial charge in [-0.2, -0.15) is 0 Å². The summed E-state index contributed by atoms with van der Waals surface area (Å²) in [5.74, 6) is -10.2. The van der Waals surface area contributed by atoms with E-state index in [4.69, 9.17) is 22.9 Å². The fraction of sp³-hybridized carbons (Fsp3) is 0.788. The van der Waals surface area contributed by atoms with Gasteiger partial charge < -0.3 is 90.8 Å². The highest BCUT2D eigenvalue weighted by molar-refractivity contribution is 5.98. The number of carboxylic acid groups (broad SMARTS) is 1. The molecule has 1 heterocycles. The third-order valence-electron chi connectivity index (χ3n) is 13.5. The van der Waals surface area contributed by atoms with Crippen molar-refractivity contribution in [1.82, 2.24) is 47.4 Å². The van der Waals surface area contributed by atoms with E-state index in [1.54, 1.807) is 0 Å². The van der Waals surface area contributed by atoms with Crippen molar-refractivity contribution in [2.24, 2.45) is 22.9 Å². The van der Waals surface area contributed by atoms with Gasteiger partial charge in [-0.1, -0.05) is 71.1 Å². The van der Waals surface area contributed by atoms with Crippen LogP contribution in [0.15, 0.2) is 0 Å². The molecular formula is C52H95N13O15. The normalized spacial score (nSPS) is 15.6. The molecule has 0 spiro atoms. The number of carbonyl (C=O) groups is 11. The van der Waals surface area contributed by atoms with E-state index in [-0.39, 0.29) is 70.6 Å². The maximum Gasteiger partial charge on any atom is 0.305 e. The van der Waals surface area contributed by atoms with Crippen molar-refractivity contribution in [3.05, 3.63) is 0 Å². The Balaban J connectivity index is 3.05. The number of rotatable bonds is 46. The van der Waals surface area contributed by atoms with Gasteiger partial charge in [0.1, 0.15) is 48.3 Å². The number of hydrogen-bond donors (Lipinski definition) is 16. The van der Waals surface area contributed by atoms with Crippen molar-refractivity contribution in [1.29, 1.82) is 0 Å². The first-order valence-electron chi connectivity index (χ1n) is 28.4. The smallest absolute Gasteiger partial charge is 0.305 e. The quantitative estimate of drug-likeness (QED) is 0.0263. The zero-order valence-corrected chi connectivity index (χ0v) is 46.8. The minimum atomic E-state index is -1.73. The van der Waals surface area contributed by atoms with E-state index in [2.05, 4.69) is 49.5 Å². The molecule has 0 aliphatic carbocycles. The number of hydrogen-bond acceptors (Lipinski definition) is 17. The van der Waals surface area contributed by atoms with Crippen LogP contribution in [0.5, 0.6) is 0 Å². The lowest BCUT2D eigenvalue weighted by atomic mass is 10.0. The standard InChI is InChI=1S/C52H95N13O15/c1-2-3-4-5-6-7-8-9-10-11-12-24-42(69)57-30-43(70)58-38(31-66)48(76)64-39(32-67)49(77)59-34(20-13-16-25-53)47(75)63-40(33-68)50(78)61-36(22-15-18-27-55)52(80)65-28-19-23-41(65)51(79)60-35(21-14-17-26-54)46(74)62-37(45(56)73)29-44(71)72/h34-41,66-68H,2-33,53-55H2,1H3,(H2,56,73)(H,57,69)(H,58,70)(H,59,77)(H,60,79)(H,61,78)(H,62,74)(H,63,75)(H,64,76)(H,71,72). The fourth-order valence-electron chi connectivity index (χ4n) is 8.85. The van der Waals surface area contributed by atoms with E-state index in [1.165, 1.54) is 43.4 Å². The Labute approximate surface area is 469 Å². The monoisotopic (exact) mass is 1140 g/mol. The summed E-state index contributed by atoms with van der Waals surface area (Å²) >= 11 is 0. The average molecular weight is 1140 g/mol. The zero-order valence-electron chi connectivity index (χ0n) is 46.8. The molecule has 1 fully saturated rings. The number of aliphatic carboxylic acids is 1. The van der Waals surface area contributed by atoms with Gasteiger partial charge in [0.15, 0.2) is 0 Å². The van der Waals surface area contributed by atoms with E-state index in [9.17, 15) is 73.2 Å². The van der Waals surface area contributed by atoms with Gasteiger partial charge in [0.2, 0.25) is 59.1 Å². The van der Waals surface area contributed by atoms with Gasteiger partial charge in [-0.05, 0) is 96.7 Å². The Kier molecular flexibility index (Phi) is 38.5. The summed E-state index contributed by atoms with van der Waals surface area (Å²) in [5.41, 5.74) is 22.3. The number of amides is 10. The Morgan fingerprint density at radius 3 is 1.34 bits per heavy atom. The molecule has 80 heavy (non-hydrogen) atoms. The number of carboxylic acids is 1. The average Bonchev–Trinajstić information content (AvgIpc) is 3.94. The molecule has 1 aliphatic rings. The van der Waals surface area contributed by atoms with Crippen LogP contribution in [0.25, 0.3) is 0 Å². The van der Waals surface area contributed by atoms with Gasteiger partial charge in [-0.3, -0.25) is 52.7 Å². The van der Waals surface area contributed by atoms with Gasteiger partial charge in [0, 0.05) is 13.0 Å². The number of nitrogens with two attached hydrogens (primary N) is 4. The summed E-state index contributed by atoms with van der Waals surface area (Å²) in [4.78, 5) is 145. The molecule has 28 heteroatoms. The third kappa shape index (κ3) is 29.4. The van der Waals surface area contributed by atoms with Crippen LogP contribution in [0.1, 0.15) is 161 Å². The Morgan fingerprint density at radius 2 is 0.887 bits per heavy atom. The van der Waals surface area contributed by atoms with Crippen molar-refractivity contribution in [2.45, 2.75) is 209 Å². The van der Waals surface area contributed by atoms with Crippen molar-refractivity contribution < 1.29 is 73.2 Å². The number of unbranched alkanes of at least 4 members (excludes halogenated alkanes) is 13. The highest BCUT2D eigenvalue weighted by atomic mass is 16.4. The second-order valence-electron chi connectivity index (χ2n) is 20.1. The summed E-state index contributed by atoms with van der Waals surface area (Å²) in [5, 5.41) is 58.8. The first-order chi connectivity index (χ1) is 38.3. The van der Waals surface area contributed by atoms with E-state index in [0.29, 0.717) is 44.9 Å². The molecule has 8 atom stereocenters. The molecule has 28 nitrogen and oxygen atoms in total. The van der Waals surface area contributed by atoms with Crippen LogP contribution in [0.2, 0.25) is 0 Å². The van der Waals surface area contributed by atoms with Crippen molar-refractivity contribution in [2.75, 3.05) is 52.5 Å². The van der Waals surface area contributed by atoms with Crippen molar-refractivity contribution in [3.63, 3.8) is 0 Å². The highest BCUT2D eigenvalue weighted by Gasteiger charge is 2.40. The Hall–Kier alpha value is -6.07. The summed E-state index contributed by atoms with van der Waals surface area (Å²) in [6.45, 7) is -0.497. The molecule has 0 aromatic heterocycles. The summed E-state index contributed by atoms with van der Waals surface area (Å²) in [6, 6.07) is -11.8. The second kappa shape index (κ2) is 42.8. The summed E-state index contributed by atoms with van der Waals surface area (Å²) < 4.78 is 0. The SMILES string of the molecule is CCCCCCCCCCCCCC(=O)NCC(=O)NC(CO)C(=O)NC(CO)C(=O)NC(CCCCN)C(=O)NC(CO)C(=O)NC(CCCCN)C(=O)N1CCCC1C(=O)NC(CCCCN)C(=O)NC(CC(=O)O)C(N)=O. The van der Waals surface area contributed by atoms with Gasteiger partial charge >= 0.3 is 5.97 Å². The largest absolute Gasteiger partial charge is 0.481 e. The van der Waals surface area contributed by atoms with Crippen LogP contribution in [-0.4, -0.2) is 191 Å².